The maximum Gasteiger partial charge on any atom is 0.309 e. The summed E-state index contributed by atoms with van der Waals surface area (Å²) in [7, 11) is 1.57. The third-order valence-corrected chi connectivity index (χ3v) is 6.58. The van der Waals surface area contributed by atoms with Gasteiger partial charge in [-0.3, -0.25) is 14.4 Å². The zero-order chi connectivity index (χ0) is 22.1. The Bertz CT molecular complexity index is 1400. The first-order valence-electron chi connectivity index (χ1n) is 10.6. The monoisotopic (exact) mass is 432 g/mol. The first kappa shape index (κ1) is 19.2. The van der Waals surface area contributed by atoms with Gasteiger partial charge in [-0.1, -0.05) is 0 Å². The number of nitrogens with zero attached hydrogens (tertiary/aromatic N) is 2. The summed E-state index contributed by atoms with van der Waals surface area (Å²) in [6.45, 7) is 0.0237. The van der Waals surface area contributed by atoms with Crippen LogP contribution in [0.4, 0.5) is 0 Å². The van der Waals surface area contributed by atoms with Gasteiger partial charge in [-0.05, 0) is 42.7 Å². The second-order valence-corrected chi connectivity index (χ2v) is 8.57. The highest BCUT2D eigenvalue weighted by atomic mass is 16.5. The second-order valence-electron chi connectivity index (χ2n) is 8.57. The maximum absolute atomic E-state index is 13.4. The first-order chi connectivity index (χ1) is 15.5. The Kier molecular flexibility index (Phi) is 4.04. The third kappa shape index (κ3) is 2.72. The zero-order valence-electron chi connectivity index (χ0n) is 17.4. The highest BCUT2D eigenvalue weighted by Gasteiger charge is 2.37. The van der Waals surface area contributed by atoms with E-state index in [-0.39, 0.29) is 42.4 Å². The number of hydrogen-bond acceptors (Lipinski definition) is 7. The molecule has 4 heterocycles. The van der Waals surface area contributed by atoms with Crippen LogP contribution in [-0.4, -0.2) is 33.5 Å². The topological polar surface area (TPSA) is 108 Å². The van der Waals surface area contributed by atoms with E-state index in [4.69, 9.17) is 14.5 Å². The van der Waals surface area contributed by atoms with Gasteiger partial charge in [0.05, 0.1) is 48.6 Å². The van der Waals surface area contributed by atoms with Gasteiger partial charge in [0.15, 0.2) is 5.78 Å². The molecular weight excluding hydrogens is 412 g/mol. The molecule has 0 spiro atoms. The highest BCUT2D eigenvalue weighted by molar-refractivity contribution is 6.12. The van der Waals surface area contributed by atoms with Gasteiger partial charge in [0, 0.05) is 22.4 Å². The molecule has 1 aliphatic carbocycles. The van der Waals surface area contributed by atoms with E-state index in [1.807, 2.05) is 12.1 Å². The van der Waals surface area contributed by atoms with Crippen LogP contribution in [0.1, 0.15) is 52.4 Å². The molecule has 0 radical (unpaired) electrons. The summed E-state index contributed by atoms with van der Waals surface area (Å²) in [5.41, 5.74) is 3.37. The quantitative estimate of drug-likeness (QED) is 0.391. The molecule has 8 heteroatoms. The predicted octanol–water partition coefficient (Wildman–Crippen LogP) is 2.51. The molecule has 8 nitrogen and oxygen atoms in total. The van der Waals surface area contributed by atoms with Crippen LogP contribution in [0.15, 0.2) is 29.1 Å². The smallest absolute Gasteiger partial charge is 0.309 e. The van der Waals surface area contributed by atoms with E-state index in [0.29, 0.717) is 39.3 Å². The van der Waals surface area contributed by atoms with Crippen molar-refractivity contribution in [3.63, 3.8) is 0 Å². The number of Topliss-reactive ketones (excluding diaryl/α,β-unsaturated/α-hetero) is 1. The number of aromatic nitrogens is 2. The van der Waals surface area contributed by atoms with Crippen LogP contribution in [0, 0.1) is 5.92 Å². The summed E-state index contributed by atoms with van der Waals surface area (Å²) < 4.78 is 12.0. The predicted molar refractivity (Wildman–Crippen MR) is 114 cm³/mol. The molecule has 0 saturated heterocycles. The van der Waals surface area contributed by atoms with Crippen LogP contribution in [0.3, 0.4) is 0 Å². The Morgan fingerprint density at radius 3 is 2.78 bits per heavy atom. The van der Waals surface area contributed by atoms with Crippen molar-refractivity contribution in [2.45, 2.75) is 38.5 Å². The number of rotatable bonds is 3. The largest absolute Gasteiger partial charge is 0.497 e. The Balaban J connectivity index is 1.63. The van der Waals surface area contributed by atoms with Crippen molar-refractivity contribution in [2.75, 3.05) is 7.11 Å². The lowest BCUT2D eigenvalue weighted by Gasteiger charge is -2.13. The number of ether oxygens (including phenoxy) is 2. The molecule has 1 N–H and O–H groups in total. The SMILES string of the molecule is COc1ccc2nc3c(c(C(=O)C4CC4)c2c1)Cn1c-3cc2c(c1=O)COC(=O)CC2O. The van der Waals surface area contributed by atoms with E-state index in [1.54, 1.807) is 23.8 Å². The lowest BCUT2D eigenvalue weighted by Crippen LogP contribution is -2.25. The number of benzene rings is 1. The van der Waals surface area contributed by atoms with Crippen molar-refractivity contribution < 1.29 is 24.2 Å². The first-order valence-corrected chi connectivity index (χ1v) is 10.6. The fourth-order valence-corrected chi connectivity index (χ4v) is 4.75. The lowest BCUT2D eigenvalue weighted by atomic mass is 9.94. The minimum atomic E-state index is -1.13. The van der Waals surface area contributed by atoms with Gasteiger partial charge in [0.1, 0.15) is 12.4 Å². The van der Waals surface area contributed by atoms with E-state index in [9.17, 15) is 19.5 Å². The van der Waals surface area contributed by atoms with Crippen molar-refractivity contribution in [1.29, 1.82) is 0 Å². The second kappa shape index (κ2) is 6.74. The van der Waals surface area contributed by atoms with E-state index >= 15 is 0 Å². The number of aliphatic hydroxyl groups is 1. The number of carbonyl (C=O) groups is 2. The van der Waals surface area contributed by atoms with Gasteiger partial charge in [-0.2, -0.15) is 0 Å². The Hall–Kier alpha value is -3.52. The minimum Gasteiger partial charge on any atom is -0.497 e. The lowest BCUT2D eigenvalue weighted by molar-refractivity contribution is -0.146. The number of carbonyl (C=O) groups excluding carboxylic acids is 2. The highest BCUT2D eigenvalue weighted by Crippen LogP contribution is 2.42. The summed E-state index contributed by atoms with van der Waals surface area (Å²) in [4.78, 5) is 43.2. The number of hydrogen-bond donors (Lipinski definition) is 1. The molecule has 2 aliphatic heterocycles. The van der Waals surface area contributed by atoms with Crippen LogP contribution in [0.2, 0.25) is 0 Å². The number of aliphatic hydroxyl groups excluding tert-OH is 1. The molecule has 162 valence electrons. The number of methoxy groups -OCH3 is 1. The number of esters is 1. The van der Waals surface area contributed by atoms with Crippen molar-refractivity contribution in [3.8, 4) is 17.1 Å². The summed E-state index contributed by atoms with van der Waals surface area (Å²) in [6, 6.07) is 7.13. The number of fused-ring (bicyclic) bond motifs is 5. The number of cyclic esters (lactones) is 1. The van der Waals surface area contributed by atoms with Crippen LogP contribution < -0.4 is 10.3 Å². The molecule has 3 aromatic rings. The molecule has 2 aromatic heterocycles. The molecule has 1 unspecified atom stereocenters. The molecule has 0 amide bonds. The van der Waals surface area contributed by atoms with E-state index in [0.717, 1.165) is 18.2 Å². The molecule has 0 bridgehead atoms. The number of ketones is 1. The van der Waals surface area contributed by atoms with Crippen LogP contribution in [-0.2, 0) is 22.7 Å². The maximum atomic E-state index is 13.4. The molecule has 3 aliphatic rings. The van der Waals surface area contributed by atoms with E-state index in [1.165, 1.54) is 0 Å². The normalized spacial score (nSPS) is 19.1. The third-order valence-electron chi connectivity index (χ3n) is 6.58. The fraction of sp³-hybridized carbons (Fsp3) is 0.333. The Morgan fingerprint density at radius 2 is 2.03 bits per heavy atom. The van der Waals surface area contributed by atoms with Crippen molar-refractivity contribution in [3.05, 3.63) is 56.9 Å². The zero-order valence-corrected chi connectivity index (χ0v) is 17.4. The number of pyridine rings is 2. The van der Waals surface area contributed by atoms with Gasteiger partial charge in [0.2, 0.25) is 0 Å². The summed E-state index contributed by atoms with van der Waals surface area (Å²) >= 11 is 0. The standard InChI is InChI=1S/C24H20N2O6/c1-31-12-4-5-17-14(6-12)21(23(29)11-2-3-11)15-9-26-18(22(15)25-17)7-13-16(24(26)30)10-32-20(28)8-19(13)27/h4-7,11,19,27H,2-3,8-10H2,1H3. The molecule has 1 saturated carbocycles. The van der Waals surface area contributed by atoms with Crippen molar-refractivity contribution >= 4 is 22.7 Å². The van der Waals surface area contributed by atoms with Gasteiger partial charge < -0.3 is 19.1 Å². The molecule has 1 aromatic carbocycles. The van der Waals surface area contributed by atoms with Gasteiger partial charge in [-0.25, -0.2) is 4.98 Å². The van der Waals surface area contributed by atoms with Gasteiger partial charge in [0.25, 0.3) is 5.56 Å². The van der Waals surface area contributed by atoms with E-state index in [2.05, 4.69) is 0 Å². The van der Waals surface area contributed by atoms with Crippen LogP contribution >= 0.6 is 0 Å². The fourth-order valence-electron chi connectivity index (χ4n) is 4.75. The minimum absolute atomic E-state index is 0.00529. The summed E-state index contributed by atoms with van der Waals surface area (Å²) in [5, 5.41) is 11.3. The van der Waals surface area contributed by atoms with Crippen LogP contribution in [0.5, 0.6) is 5.75 Å². The molecule has 1 atom stereocenters. The summed E-state index contributed by atoms with van der Waals surface area (Å²) in [6.07, 6.45) is 0.388. The molecule has 1 fully saturated rings. The average molecular weight is 432 g/mol. The van der Waals surface area contributed by atoms with Gasteiger partial charge >= 0.3 is 5.97 Å². The Labute approximate surface area is 182 Å². The van der Waals surface area contributed by atoms with E-state index < -0.39 is 12.1 Å². The molecular formula is C24H20N2O6. The Morgan fingerprint density at radius 1 is 1.22 bits per heavy atom. The van der Waals surface area contributed by atoms with Crippen molar-refractivity contribution in [1.82, 2.24) is 9.55 Å². The van der Waals surface area contributed by atoms with Crippen molar-refractivity contribution in [2.24, 2.45) is 5.92 Å². The average Bonchev–Trinajstić information content (AvgIpc) is 3.58. The van der Waals surface area contributed by atoms with Gasteiger partial charge in [-0.15, -0.1) is 0 Å². The molecule has 32 heavy (non-hydrogen) atoms. The summed E-state index contributed by atoms with van der Waals surface area (Å²) in [5.74, 6) is 0.148. The molecule has 6 rings (SSSR count). The van der Waals surface area contributed by atoms with Crippen LogP contribution in [0.25, 0.3) is 22.3 Å².